The van der Waals surface area contributed by atoms with Crippen molar-refractivity contribution in [3.63, 3.8) is 0 Å². The van der Waals surface area contributed by atoms with Crippen LogP contribution in [0.2, 0.25) is 0 Å². The molecule has 1 fully saturated rings. The number of aromatic nitrogens is 2. The summed E-state index contributed by atoms with van der Waals surface area (Å²) in [4.78, 5) is 42.9. The highest BCUT2D eigenvalue weighted by atomic mass is 19.1. The molecule has 0 spiro atoms. The van der Waals surface area contributed by atoms with E-state index in [-0.39, 0.29) is 33.5 Å². The van der Waals surface area contributed by atoms with Crippen LogP contribution >= 0.6 is 0 Å². The van der Waals surface area contributed by atoms with E-state index in [1.165, 1.54) is 23.0 Å². The molecule has 10 heteroatoms. The minimum absolute atomic E-state index is 0.0141. The predicted molar refractivity (Wildman–Crippen MR) is 123 cm³/mol. The Morgan fingerprint density at radius 2 is 1.77 bits per heavy atom. The van der Waals surface area contributed by atoms with Gasteiger partial charge in [-0.05, 0) is 51.8 Å². The summed E-state index contributed by atoms with van der Waals surface area (Å²) in [6.07, 6.45) is 3.97. The van der Waals surface area contributed by atoms with E-state index in [9.17, 15) is 28.3 Å². The molecule has 0 saturated carbocycles. The van der Waals surface area contributed by atoms with Crippen LogP contribution in [-0.4, -0.2) is 56.1 Å². The average molecular weight is 485 g/mol. The van der Waals surface area contributed by atoms with Gasteiger partial charge in [0, 0.05) is 36.2 Å². The number of hydrogen-bond donors (Lipinski definition) is 1. The van der Waals surface area contributed by atoms with Crippen LogP contribution in [0.25, 0.3) is 16.6 Å². The quantitative estimate of drug-likeness (QED) is 0.531. The van der Waals surface area contributed by atoms with Crippen molar-refractivity contribution in [1.82, 2.24) is 14.5 Å². The third-order valence-electron chi connectivity index (χ3n) is 5.90. The fraction of sp³-hybridized carbons (Fsp3) is 0.360. The van der Waals surface area contributed by atoms with E-state index in [0.717, 1.165) is 18.3 Å². The molecule has 8 nitrogen and oxygen atoms in total. The highest BCUT2D eigenvalue weighted by molar-refractivity contribution is 6.10. The van der Waals surface area contributed by atoms with Crippen molar-refractivity contribution in [3.8, 4) is 5.69 Å². The topological polar surface area (TPSA) is 102 Å². The highest BCUT2D eigenvalue weighted by Gasteiger charge is 2.32. The van der Waals surface area contributed by atoms with Crippen molar-refractivity contribution in [2.24, 2.45) is 5.92 Å². The van der Waals surface area contributed by atoms with Gasteiger partial charge >= 0.3 is 12.1 Å². The zero-order valence-electron chi connectivity index (χ0n) is 19.5. The number of carbonyl (C=O) groups is 3. The zero-order chi connectivity index (χ0) is 25.5. The maximum Gasteiger partial charge on any atom is 0.410 e. The molecule has 1 aromatic carbocycles. The van der Waals surface area contributed by atoms with E-state index in [2.05, 4.69) is 4.98 Å². The number of carbonyl (C=O) groups excluding carboxylic acids is 2. The number of Topliss-reactive ketones (excluding diaryl/α,β-unsaturated/α-hetero) is 1. The molecule has 0 bridgehead atoms. The van der Waals surface area contributed by atoms with Crippen LogP contribution in [0.5, 0.6) is 0 Å². The number of nitrogens with zero attached hydrogens (tertiary/aromatic N) is 3. The van der Waals surface area contributed by atoms with Gasteiger partial charge < -0.3 is 19.3 Å². The van der Waals surface area contributed by atoms with E-state index in [4.69, 9.17) is 4.74 Å². The van der Waals surface area contributed by atoms with Gasteiger partial charge in [-0.1, -0.05) is 0 Å². The molecule has 1 N–H and O–H groups in total. The fourth-order valence-corrected chi connectivity index (χ4v) is 4.28. The molecule has 1 aliphatic heterocycles. The van der Waals surface area contributed by atoms with Crippen molar-refractivity contribution in [3.05, 3.63) is 59.6 Å². The van der Waals surface area contributed by atoms with Crippen LogP contribution in [0.15, 0.2) is 36.8 Å². The Hall–Kier alpha value is -3.82. The average Bonchev–Trinajstić information content (AvgIpc) is 3.18. The fourth-order valence-electron chi connectivity index (χ4n) is 4.28. The lowest BCUT2D eigenvalue weighted by atomic mass is 9.89. The lowest BCUT2D eigenvalue weighted by molar-refractivity contribution is 0.0182. The Kier molecular flexibility index (Phi) is 6.31. The first-order valence-electron chi connectivity index (χ1n) is 11.2. The number of fused-ring (bicyclic) bond motifs is 1. The van der Waals surface area contributed by atoms with E-state index < -0.39 is 35.2 Å². The normalized spacial score (nSPS) is 14.8. The molecule has 35 heavy (non-hydrogen) atoms. The summed E-state index contributed by atoms with van der Waals surface area (Å²) in [7, 11) is 0. The van der Waals surface area contributed by atoms with Gasteiger partial charge in [0.05, 0.1) is 29.2 Å². The number of likely N-dealkylation sites (tertiary alicyclic amines) is 1. The summed E-state index contributed by atoms with van der Waals surface area (Å²) in [5.74, 6) is -3.61. The standard InChI is InChI=1S/C25H25F2N3O5/c1-25(2,3)35-24(34)29-8-6-14(7-9-29)22(31)17-13-30(20-12-28-11-18(27)21(17)20)19-5-4-15(26)10-16(19)23(32)33/h4-5,10-14H,6-9H2,1-3H3,(H,32,33). The minimum Gasteiger partial charge on any atom is -0.478 e. The Labute approximate surface area is 200 Å². The highest BCUT2D eigenvalue weighted by Crippen LogP contribution is 2.32. The molecule has 1 saturated heterocycles. The number of hydrogen-bond acceptors (Lipinski definition) is 5. The summed E-state index contributed by atoms with van der Waals surface area (Å²) in [6, 6.07) is 3.22. The third kappa shape index (κ3) is 4.87. The van der Waals surface area contributed by atoms with E-state index in [0.29, 0.717) is 25.9 Å². The van der Waals surface area contributed by atoms with Crippen LogP contribution in [0, 0.1) is 17.6 Å². The lowest BCUT2D eigenvalue weighted by Crippen LogP contribution is -2.43. The SMILES string of the molecule is CC(C)(C)OC(=O)N1CCC(C(=O)c2cn(-c3ccc(F)cc3C(=O)O)c3cncc(F)c23)CC1. The van der Waals surface area contributed by atoms with Crippen LogP contribution in [-0.2, 0) is 4.74 Å². The maximum atomic E-state index is 14.9. The first-order valence-corrected chi connectivity index (χ1v) is 11.2. The second kappa shape index (κ2) is 9.09. The van der Waals surface area contributed by atoms with Crippen molar-refractivity contribution < 1.29 is 33.0 Å². The monoisotopic (exact) mass is 485 g/mol. The number of ketones is 1. The largest absolute Gasteiger partial charge is 0.478 e. The summed E-state index contributed by atoms with van der Waals surface area (Å²) >= 11 is 0. The van der Waals surface area contributed by atoms with Gasteiger partial charge in [-0.2, -0.15) is 0 Å². The number of pyridine rings is 1. The zero-order valence-corrected chi connectivity index (χ0v) is 19.5. The molecular weight excluding hydrogens is 460 g/mol. The molecule has 0 radical (unpaired) electrons. The minimum atomic E-state index is -1.37. The van der Waals surface area contributed by atoms with Crippen LogP contribution in [0.4, 0.5) is 13.6 Å². The first-order chi connectivity index (χ1) is 16.5. The third-order valence-corrected chi connectivity index (χ3v) is 5.90. The number of amides is 1. The van der Waals surface area contributed by atoms with Crippen molar-refractivity contribution in [2.45, 2.75) is 39.2 Å². The van der Waals surface area contributed by atoms with E-state index in [1.807, 2.05) is 0 Å². The number of piperidine rings is 1. The number of ether oxygens (including phenoxy) is 1. The molecule has 1 aliphatic rings. The Morgan fingerprint density at radius 1 is 1.09 bits per heavy atom. The van der Waals surface area contributed by atoms with Crippen LogP contribution < -0.4 is 0 Å². The number of aromatic carboxylic acids is 1. The van der Waals surface area contributed by atoms with E-state index in [1.54, 1.807) is 25.7 Å². The number of carboxylic acids is 1. The van der Waals surface area contributed by atoms with Crippen molar-refractivity contribution in [1.29, 1.82) is 0 Å². The molecule has 1 amide bonds. The Bertz CT molecular complexity index is 1320. The molecule has 184 valence electrons. The molecule has 2 aromatic heterocycles. The maximum absolute atomic E-state index is 14.9. The van der Waals surface area contributed by atoms with Gasteiger partial charge in [0.25, 0.3) is 0 Å². The smallest absolute Gasteiger partial charge is 0.410 e. The van der Waals surface area contributed by atoms with Gasteiger partial charge in [-0.3, -0.25) is 9.78 Å². The van der Waals surface area contributed by atoms with Gasteiger partial charge in [0.2, 0.25) is 0 Å². The Balaban J connectivity index is 1.67. The van der Waals surface area contributed by atoms with Crippen LogP contribution in [0.3, 0.4) is 0 Å². The molecule has 0 aliphatic carbocycles. The van der Waals surface area contributed by atoms with Gasteiger partial charge in [0.15, 0.2) is 11.6 Å². The lowest BCUT2D eigenvalue weighted by Gasteiger charge is -2.32. The number of benzene rings is 1. The summed E-state index contributed by atoms with van der Waals surface area (Å²) in [6.45, 7) is 5.95. The van der Waals surface area contributed by atoms with Crippen molar-refractivity contribution in [2.75, 3.05) is 13.1 Å². The summed E-state index contributed by atoms with van der Waals surface area (Å²) in [5.41, 5.74) is -0.623. The molecular formula is C25H25F2N3O5. The second-order valence-corrected chi connectivity index (χ2v) is 9.50. The first kappa shape index (κ1) is 24.3. The molecule has 4 rings (SSSR count). The van der Waals surface area contributed by atoms with Gasteiger partial charge in [0.1, 0.15) is 11.4 Å². The molecule has 3 heterocycles. The summed E-state index contributed by atoms with van der Waals surface area (Å²) in [5, 5.41) is 9.57. The summed E-state index contributed by atoms with van der Waals surface area (Å²) < 4.78 is 35.3. The number of rotatable bonds is 4. The molecule has 0 unspecified atom stereocenters. The second-order valence-electron chi connectivity index (χ2n) is 9.50. The predicted octanol–water partition coefficient (Wildman–Crippen LogP) is 4.83. The van der Waals surface area contributed by atoms with Gasteiger partial charge in [-0.15, -0.1) is 0 Å². The van der Waals surface area contributed by atoms with Crippen molar-refractivity contribution >= 4 is 28.7 Å². The number of carboxylic acid groups (broad SMARTS) is 1. The van der Waals surface area contributed by atoms with Gasteiger partial charge in [-0.25, -0.2) is 18.4 Å². The Morgan fingerprint density at radius 3 is 2.40 bits per heavy atom. The van der Waals surface area contributed by atoms with E-state index >= 15 is 0 Å². The van der Waals surface area contributed by atoms with Crippen LogP contribution in [0.1, 0.15) is 54.3 Å². The molecule has 0 atom stereocenters. The number of halogens is 2. The molecule has 3 aromatic rings.